The van der Waals surface area contributed by atoms with Gasteiger partial charge in [0.15, 0.2) is 0 Å². The van der Waals surface area contributed by atoms with Gasteiger partial charge < -0.3 is 9.84 Å². The highest BCUT2D eigenvalue weighted by Gasteiger charge is 2.09. The maximum absolute atomic E-state index is 11.2. The number of ether oxygens (including phenoxy) is 1. The average molecular weight is 200 g/mol. The van der Waals surface area contributed by atoms with Crippen molar-refractivity contribution < 1.29 is 14.6 Å². The fourth-order valence-corrected chi connectivity index (χ4v) is 1.36. The van der Waals surface area contributed by atoms with E-state index in [1.54, 1.807) is 6.92 Å². The Kier molecular flexibility index (Phi) is 7.11. The molecular weight excluding hydrogens is 180 g/mol. The molecule has 0 amide bonds. The normalized spacial score (nSPS) is 12.3. The van der Waals surface area contributed by atoms with Crippen LogP contribution in [0.5, 0.6) is 0 Å². The molecule has 0 aromatic rings. The van der Waals surface area contributed by atoms with Gasteiger partial charge in [-0.25, -0.2) is 0 Å². The van der Waals surface area contributed by atoms with Crippen LogP contribution in [0.15, 0.2) is 11.1 Å². The standard InChI is InChI=1S/C11H20O3/c1-4-9(10(5-2)8-12)7-11(13)14-6-3/h12H,4-8H2,1-3H3/b10-9-. The molecular formula is C11H20O3. The minimum Gasteiger partial charge on any atom is -0.466 e. The molecule has 0 aliphatic carbocycles. The van der Waals surface area contributed by atoms with Gasteiger partial charge >= 0.3 is 5.97 Å². The van der Waals surface area contributed by atoms with Gasteiger partial charge in [0.05, 0.1) is 19.6 Å². The number of hydrogen-bond donors (Lipinski definition) is 1. The lowest BCUT2D eigenvalue weighted by atomic mass is 10.0. The largest absolute Gasteiger partial charge is 0.466 e. The molecule has 0 saturated heterocycles. The monoisotopic (exact) mass is 200 g/mol. The van der Waals surface area contributed by atoms with Gasteiger partial charge in [0.1, 0.15) is 0 Å². The van der Waals surface area contributed by atoms with E-state index in [1.165, 1.54) is 0 Å². The zero-order valence-corrected chi connectivity index (χ0v) is 9.30. The molecule has 0 bridgehead atoms. The van der Waals surface area contributed by atoms with Crippen LogP contribution in [0.2, 0.25) is 0 Å². The Bertz CT molecular complexity index is 201. The lowest BCUT2D eigenvalue weighted by Gasteiger charge is -2.10. The minimum atomic E-state index is -0.205. The molecule has 3 nitrogen and oxygen atoms in total. The van der Waals surface area contributed by atoms with Gasteiger partial charge in [-0.15, -0.1) is 0 Å². The topological polar surface area (TPSA) is 46.5 Å². The Hall–Kier alpha value is -0.830. The number of hydrogen-bond acceptors (Lipinski definition) is 3. The average Bonchev–Trinajstić information content (AvgIpc) is 2.18. The molecule has 0 unspecified atom stereocenters. The van der Waals surface area contributed by atoms with Crippen LogP contribution in [0.4, 0.5) is 0 Å². The summed E-state index contributed by atoms with van der Waals surface area (Å²) in [5, 5.41) is 9.06. The summed E-state index contributed by atoms with van der Waals surface area (Å²) in [6, 6.07) is 0. The van der Waals surface area contributed by atoms with E-state index in [0.717, 1.165) is 24.0 Å². The number of carbonyl (C=O) groups is 1. The van der Waals surface area contributed by atoms with E-state index >= 15 is 0 Å². The van der Waals surface area contributed by atoms with Crippen molar-refractivity contribution in [1.29, 1.82) is 0 Å². The number of rotatable bonds is 6. The van der Waals surface area contributed by atoms with E-state index in [2.05, 4.69) is 0 Å². The van der Waals surface area contributed by atoms with Crippen molar-refractivity contribution in [1.82, 2.24) is 0 Å². The van der Waals surface area contributed by atoms with E-state index in [1.807, 2.05) is 13.8 Å². The van der Waals surface area contributed by atoms with Crippen molar-refractivity contribution in [3.8, 4) is 0 Å². The molecule has 0 radical (unpaired) electrons. The summed E-state index contributed by atoms with van der Waals surface area (Å²) in [7, 11) is 0. The molecule has 0 atom stereocenters. The van der Waals surface area contributed by atoms with Crippen LogP contribution < -0.4 is 0 Å². The molecule has 14 heavy (non-hydrogen) atoms. The van der Waals surface area contributed by atoms with E-state index in [4.69, 9.17) is 9.84 Å². The number of aliphatic hydroxyl groups excluding tert-OH is 1. The third-order valence-corrected chi connectivity index (χ3v) is 2.21. The smallest absolute Gasteiger partial charge is 0.309 e. The van der Waals surface area contributed by atoms with Crippen LogP contribution in [-0.2, 0) is 9.53 Å². The Balaban J connectivity index is 4.40. The quantitative estimate of drug-likeness (QED) is 0.527. The lowest BCUT2D eigenvalue weighted by Crippen LogP contribution is -2.07. The van der Waals surface area contributed by atoms with Crippen LogP contribution in [0.1, 0.15) is 40.0 Å². The first-order valence-corrected chi connectivity index (χ1v) is 5.15. The number of aliphatic hydroxyl groups is 1. The zero-order chi connectivity index (χ0) is 11.0. The SMILES string of the molecule is CCOC(=O)C/C(CC)=C(/CC)CO. The third-order valence-electron chi connectivity index (χ3n) is 2.21. The molecule has 0 aliphatic heterocycles. The van der Waals surface area contributed by atoms with E-state index in [9.17, 15) is 4.79 Å². The zero-order valence-electron chi connectivity index (χ0n) is 9.30. The van der Waals surface area contributed by atoms with Crippen LogP contribution in [0, 0.1) is 0 Å². The Labute approximate surface area is 85.8 Å². The van der Waals surface area contributed by atoms with E-state index in [0.29, 0.717) is 13.0 Å². The van der Waals surface area contributed by atoms with Gasteiger partial charge in [-0.2, -0.15) is 0 Å². The Morgan fingerprint density at radius 2 is 1.71 bits per heavy atom. The van der Waals surface area contributed by atoms with Gasteiger partial charge in [-0.05, 0) is 25.3 Å². The summed E-state index contributed by atoms with van der Waals surface area (Å²) in [6.07, 6.45) is 1.90. The molecule has 0 aromatic carbocycles. The molecule has 0 aliphatic rings. The van der Waals surface area contributed by atoms with Crippen molar-refractivity contribution in [2.24, 2.45) is 0 Å². The number of carbonyl (C=O) groups excluding carboxylic acids is 1. The summed E-state index contributed by atoms with van der Waals surface area (Å²) in [4.78, 5) is 11.2. The highest BCUT2D eigenvalue weighted by Crippen LogP contribution is 2.16. The summed E-state index contributed by atoms with van der Waals surface area (Å²) in [6.45, 7) is 6.21. The van der Waals surface area contributed by atoms with Crippen molar-refractivity contribution >= 4 is 5.97 Å². The predicted octanol–water partition coefficient (Wildman–Crippen LogP) is 2.05. The predicted molar refractivity (Wildman–Crippen MR) is 55.9 cm³/mol. The fourth-order valence-electron chi connectivity index (χ4n) is 1.36. The molecule has 0 aromatic heterocycles. The highest BCUT2D eigenvalue weighted by atomic mass is 16.5. The molecule has 0 fully saturated rings. The first-order chi connectivity index (χ1) is 6.69. The van der Waals surface area contributed by atoms with Crippen molar-refractivity contribution in [3.63, 3.8) is 0 Å². The van der Waals surface area contributed by atoms with Crippen LogP contribution in [0.3, 0.4) is 0 Å². The summed E-state index contributed by atoms with van der Waals surface area (Å²) in [5.41, 5.74) is 1.97. The fraction of sp³-hybridized carbons (Fsp3) is 0.727. The highest BCUT2D eigenvalue weighted by molar-refractivity contribution is 5.72. The second kappa shape index (κ2) is 7.56. The molecule has 3 heteroatoms. The van der Waals surface area contributed by atoms with Crippen molar-refractivity contribution in [2.75, 3.05) is 13.2 Å². The molecule has 82 valence electrons. The maximum Gasteiger partial charge on any atom is 0.309 e. The summed E-state index contributed by atoms with van der Waals surface area (Å²) < 4.78 is 4.86. The van der Waals surface area contributed by atoms with Crippen molar-refractivity contribution in [3.05, 3.63) is 11.1 Å². The van der Waals surface area contributed by atoms with Gasteiger partial charge in [0.25, 0.3) is 0 Å². The third kappa shape index (κ3) is 4.42. The first kappa shape index (κ1) is 13.2. The molecule has 1 N–H and O–H groups in total. The minimum absolute atomic E-state index is 0.0408. The number of esters is 1. The van der Waals surface area contributed by atoms with Crippen molar-refractivity contribution in [2.45, 2.75) is 40.0 Å². The van der Waals surface area contributed by atoms with Gasteiger partial charge in [-0.1, -0.05) is 19.4 Å². The second-order valence-corrected chi connectivity index (χ2v) is 3.05. The van der Waals surface area contributed by atoms with Crippen LogP contribution in [0.25, 0.3) is 0 Å². The van der Waals surface area contributed by atoms with Crippen LogP contribution >= 0.6 is 0 Å². The second-order valence-electron chi connectivity index (χ2n) is 3.05. The first-order valence-electron chi connectivity index (χ1n) is 5.15. The Morgan fingerprint density at radius 1 is 1.14 bits per heavy atom. The molecule has 0 rings (SSSR count). The molecule has 0 spiro atoms. The van der Waals surface area contributed by atoms with Gasteiger partial charge in [0, 0.05) is 0 Å². The van der Waals surface area contributed by atoms with Crippen LogP contribution in [-0.4, -0.2) is 24.3 Å². The maximum atomic E-state index is 11.2. The van der Waals surface area contributed by atoms with E-state index < -0.39 is 0 Å². The summed E-state index contributed by atoms with van der Waals surface area (Å²) in [5.74, 6) is -0.205. The van der Waals surface area contributed by atoms with Gasteiger partial charge in [0.2, 0.25) is 0 Å². The van der Waals surface area contributed by atoms with Gasteiger partial charge in [-0.3, -0.25) is 4.79 Å². The molecule has 0 saturated carbocycles. The summed E-state index contributed by atoms with van der Waals surface area (Å²) >= 11 is 0. The lowest BCUT2D eigenvalue weighted by molar-refractivity contribution is -0.142. The van der Waals surface area contributed by atoms with E-state index in [-0.39, 0.29) is 12.6 Å². The Morgan fingerprint density at radius 3 is 2.07 bits per heavy atom. The molecule has 0 heterocycles.